The number of esters is 2. The summed E-state index contributed by atoms with van der Waals surface area (Å²) in [4.78, 5) is 32.5. The molecule has 0 bridgehead atoms. The van der Waals surface area contributed by atoms with Crippen molar-refractivity contribution >= 4 is 41.1 Å². The van der Waals surface area contributed by atoms with E-state index >= 15 is 0 Å². The van der Waals surface area contributed by atoms with Crippen molar-refractivity contribution in [3.63, 3.8) is 0 Å². The van der Waals surface area contributed by atoms with Crippen molar-refractivity contribution in [2.45, 2.75) is 59.4 Å². The predicted molar refractivity (Wildman–Crippen MR) is 105 cm³/mol. The highest BCUT2D eigenvalue weighted by Gasteiger charge is 2.26. The Bertz CT molecular complexity index is 598. The lowest BCUT2D eigenvalue weighted by Crippen LogP contribution is -2.36. The SMILES string of the molecule is CC(C)(C)CC(C)(C)Nc1nc(Cl)nc(Cl)n1.COC(=O)CCC(=O)OC. The summed E-state index contributed by atoms with van der Waals surface area (Å²) in [7, 11) is 2.55. The van der Waals surface area contributed by atoms with Crippen molar-refractivity contribution in [2.24, 2.45) is 5.41 Å². The standard InChI is InChI=1S/C11H18Cl2N4.C6H10O4/c1-10(2,3)6-11(4,5)17-9-15-7(12)14-8(13)16-9;1-9-5(7)3-4-6(8)10-2/h6H2,1-5H3,(H,14,15,16,17);3-4H2,1-2H3. The van der Waals surface area contributed by atoms with Gasteiger partial charge < -0.3 is 14.8 Å². The lowest BCUT2D eigenvalue weighted by molar-refractivity contribution is -0.147. The summed E-state index contributed by atoms with van der Waals surface area (Å²) < 4.78 is 8.60. The molecule has 0 fully saturated rings. The molecule has 1 N–H and O–H groups in total. The first-order chi connectivity index (χ1) is 12.3. The van der Waals surface area contributed by atoms with E-state index in [1.54, 1.807) is 0 Å². The van der Waals surface area contributed by atoms with Crippen LogP contribution in [0.25, 0.3) is 0 Å². The van der Waals surface area contributed by atoms with Crippen LogP contribution in [0.4, 0.5) is 5.95 Å². The lowest BCUT2D eigenvalue weighted by Gasteiger charge is -2.33. The van der Waals surface area contributed by atoms with Crippen LogP contribution in [0.3, 0.4) is 0 Å². The zero-order valence-electron chi connectivity index (χ0n) is 16.9. The molecule has 0 aliphatic heterocycles. The van der Waals surface area contributed by atoms with E-state index in [1.165, 1.54) is 14.2 Å². The molecule has 0 amide bonds. The Morgan fingerprint density at radius 2 is 1.30 bits per heavy atom. The zero-order valence-corrected chi connectivity index (χ0v) is 18.4. The maximum absolute atomic E-state index is 10.4. The van der Waals surface area contributed by atoms with Gasteiger partial charge >= 0.3 is 11.9 Å². The van der Waals surface area contributed by atoms with Gasteiger partial charge in [0.25, 0.3) is 0 Å². The van der Waals surface area contributed by atoms with E-state index in [9.17, 15) is 9.59 Å². The molecular formula is C17H28Cl2N4O4. The van der Waals surface area contributed by atoms with Gasteiger partial charge in [0.1, 0.15) is 0 Å². The normalized spacial score (nSPS) is 11.1. The van der Waals surface area contributed by atoms with Crippen molar-refractivity contribution in [3.8, 4) is 0 Å². The highest BCUT2D eigenvalue weighted by Crippen LogP contribution is 2.29. The maximum Gasteiger partial charge on any atom is 0.306 e. The number of anilines is 1. The van der Waals surface area contributed by atoms with E-state index < -0.39 is 11.9 Å². The van der Waals surface area contributed by atoms with Crippen LogP contribution in [-0.4, -0.2) is 46.6 Å². The van der Waals surface area contributed by atoms with Gasteiger partial charge in [0.15, 0.2) is 0 Å². The van der Waals surface area contributed by atoms with E-state index in [0.29, 0.717) is 5.95 Å². The highest BCUT2D eigenvalue weighted by molar-refractivity contribution is 6.31. The first-order valence-electron chi connectivity index (χ1n) is 8.27. The van der Waals surface area contributed by atoms with Gasteiger partial charge in [-0.1, -0.05) is 20.8 Å². The number of carbonyl (C=O) groups is 2. The number of nitrogens with one attached hydrogen (secondary N) is 1. The quantitative estimate of drug-likeness (QED) is 0.687. The molecule has 0 atom stereocenters. The van der Waals surface area contributed by atoms with Crippen molar-refractivity contribution in [3.05, 3.63) is 10.6 Å². The molecule has 8 nitrogen and oxygen atoms in total. The molecule has 0 radical (unpaired) electrons. The monoisotopic (exact) mass is 422 g/mol. The molecule has 0 saturated carbocycles. The van der Waals surface area contributed by atoms with Gasteiger partial charge in [-0.2, -0.15) is 15.0 Å². The van der Waals surface area contributed by atoms with E-state index in [1.807, 2.05) is 0 Å². The number of nitrogens with zero attached hydrogens (tertiary/aromatic N) is 3. The van der Waals surface area contributed by atoms with Crippen molar-refractivity contribution < 1.29 is 19.1 Å². The number of methoxy groups -OCH3 is 2. The van der Waals surface area contributed by atoms with Gasteiger partial charge in [-0.15, -0.1) is 0 Å². The van der Waals surface area contributed by atoms with Crippen LogP contribution < -0.4 is 5.32 Å². The number of ether oxygens (including phenoxy) is 2. The third-order valence-corrected chi connectivity index (χ3v) is 3.33. The Hall–Kier alpha value is -1.67. The smallest absolute Gasteiger partial charge is 0.306 e. The molecule has 27 heavy (non-hydrogen) atoms. The van der Waals surface area contributed by atoms with Crippen LogP contribution in [0.5, 0.6) is 0 Å². The molecule has 0 aromatic carbocycles. The van der Waals surface area contributed by atoms with Gasteiger partial charge in [0.2, 0.25) is 16.5 Å². The van der Waals surface area contributed by atoms with E-state index in [2.05, 4.69) is 64.4 Å². The first kappa shape index (κ1) is 25.3. The zero-order chi connectivity index (χ0) is 21.3. The van der Waals surface area contributed by atoms with Crippen molar-refractivity contribution in [2.75, 3.05) is 19.5 Å². The number of hydrogen-bond donors (Lipinski definition) is 1. The molecule has 1 aromatic rings. The number of rotatable bonds is 6. The Morgan fingerprint density at radius 3 is 1.63 bits per heavy atom. The topological polar surface area (TPSA) is 103 Å². The Kier molecular flexibility index (Phi) is 10.5. The number of aromatic nitrogens is 3. The van der Waals surface area contributed by atoms with E-state index in [-0.39, 0.29) is 34.4 Å². The minimum absolute atomic E-state index is 0.0865. The third kappa shape index (κ3) is 13.2. The molecule has 0 aliphatic rings. The third-order valence-electron chi connectivity index (χ3n) is 2.99. The molecule has 0 saturated heterocycles. The fraction of sp³-hybridized carbons (Fsp3) is 0.706. The van der Waals surface area contributed by atoms with Gasteiger partial charge in [-0.3, -0.25) is 9.59 Å². The largest absolute Gasteiger partial charge is 0.469 e. The maximum atomic E-state index is 10.4. The van der Waals surface area contributed by atoms with Crippen LogP contribution in [0.1, 0.15) is 53.9 Å². The summed E-state index contributed by atoms with van der Waals surface area (Å²) in [5.74, 6) is -0.389. The van der Waals surface area contributed by atoms with Crippen LogP contribution in [0.15, 0.2) is 0 Å². The summed E-state index contributed by atoms with van der Waals surface area (Å²) in [5.41, 5.74) is 0.0589. The van der Waals surface area contributed by atoms with Crippen LogP contribution in [0.2, 0.25) is 10.6 Å². The second-order valence-electron chi connectivity index (χ2n) is 7.60. The summed E-state index contributed by atoms with van der Waals surface area (Å²) in [6.45, 7) is 10.7. The van der Waals surface area contributed by atoms with Gasteiger partial charge in [-0.25, -0.2) is 0 Å². The average molecular weight is 423 g/mol. The molecular weight excluding hydrogens is 395 g/mol. The number of halogens is 2. The molecule has 1 rings (SSSR count). The van der Waals surface area contributed by atoms with E-state index in [0.717, 1.165) is 6.42 Å². The number of carbonyl (C=O) groups excluding carboxylic acids is 2. The Morgan fingerprint density at radius 1 is 0.889 bits per heavy atom. The van der Waals surface area contributed by atoms with Crippen molar-refractivity contribution in [1.82, 2.24) is 15.0 Å². The molecule has 0 aliphatic carbocycles. The van der Waals surface area contributed by atoms with Gasteiger partial charge in [-0.05, 0) is 48.9 Å². The first-order valence-corrected chi connectivity index (χ1v) is 9.02. The van der Waals surface area contributed by atoms with E-state index in [4.69, 9.17) is 23.2 Å². The average Bonchev–Trinajstić information content (AvgIpc) is 2.48. The summed E-state index contributed by atoms with van der Waals surface area (Å²) >= 11 is 11.5. The van der Waals surface area contributed by atoms with Gasteiger partial charge in [0, 0.05) is 5.54 Å². The summed E-state index contributed by atoms with van der Waals surface area (Å²) in [6, 6.07) is 0. The second kappa shape index (κ2) is 11.2. The molecule has 1 aromatic heterocycles. The minimum Gasteiger partial charge on any atom is -0.469 e. The van der Waals surface area contributed by atoms with Crippen LogP contribution in [-0.2, 0) is 19.1 Å². The Balaban J connectivity index is 0.000000580. The Labute approximate surface area is 170 Å². The summed E-state index contributed by atoms with van der Waals surface area (Å²) in [6.07, 6.45) is 1.13. The lowest BCUT2D eigenvalue weighted by atomic mass is 9.82. The fourth-order valence-corrected chi connectivity index (χ4v) is 2.83. The molecule has 154 valence electrons. The number of hydrogen-bond acceptors (Lipinski definition) is 8. The van der Waals surface area contributed by atoms with Crippen LogP contribution in [0, 0.1) is 5.41 Å². The molecule has 0 spiro atoms. The molecule has 1 heterocycles. The molecule has 0 unspecified atom stereocenters. The fourth-order valence-electron chi connectivity index (χ4n) is 2.46. The predicted octanol–water partition coefficient (Wildman–Crippen LogP) is 3.92. The summed E-state index contributed by atoms with van der Waals surface area (Å²) in [5, 5.41) is 3.42. The second-order valence-corrected chi connectivity index (χ2v) is 8.27. The highest BCUT2D eigenvalue weighted by atomic mass is 35.5. The molecule has 10 heteroatoms. The van der Waals surface area contributed by atoms with Crippen molar-refractivity contribution in [1.29, 1.82) is 0 Å². The minimum atomic E-state index is -0.398. The van der Waals surface area contributed by atoms with Crippen LogP contribution >= 0.6 is 23.2 Å². The van der Waals surface area contributed by atoms with Gasteiger partial charge in [0.05, 0.1) is 27.1 Å².